The van der Waals surface area contributed by atoms with E-state index in [1.54, 1.807) is 6.20 Å². The lowest BCUT2D eigenvalue weighted by Gasteiger charge is -2.22. The van der Waals surface area contributed by atoms with Crippen molar-refractivity contribution in [2.24, 2.45) is 0 Å². The number of nitrogens with one attached hydrogen (secondary N) is 2. The molecule has 1 atom stereocenters. The molecule has 0 saturated carbocycles. The van der Waals surface area contributed by atoms with Gasteiger partial charge in [-0.05, 0) is 31.5 Å². The minimum absolute atomic E-state index is 0.0366. The molecule has 1 aliphatic heterocycles. The van der Waals surface area contributed by atoms with E-state index in [0.717, 1.165) is 31.5 Å². The number of rotatable bonds is 3. The van der Waals surface area contributed by atoms with E-state index in [-0.39, 0.29) is 11.9 Å². The molecule has 1 fully saturated rings. The number of carbonyl (C=O) groups excluding carboxylic acids is 1. The lowest BCUT2D eigenvalue weighted by molar-refractivity contribution is -0.123. The zero-order chi connectivity index (χ0) is 11.2. The van der Waals surface area contributed by atoms with Crippen molar-refractivity contribution in [1.29, 1.82) is 0 Å². The highest BCUT2D eigenvalue weighted by atomic mass is 16.2. The van der Waals surface area contributed by atoms with Crippen molar-refractivity contribution >= 4 is 5.91 Å². The third-order valence-electron chi connectivity index (χ3n) is 2.70. The molecule has 2 N–H and O–H groups in total. The Morgan fingerprint density at radius 1 is 1.56 bits per heavy atom. The molecule has 86 valence electrons. The monoisotopic (exact) mass is 220 g/mol. The maximum atomic E-state index is 11.7. The summed E-state index contributed by atoms with van der Waals surface area (Å²) >= 11 is 0. The quantitative estimate of drug-likeness (QED) is 0.765. The van der Waals surface area contributed by atoms with Crippen LogP contribution in [-0.2, 0) is 11.3 Å². The van der Waals surface area contributed by atoms with Gasteiger partial charge in [0.15, 0.2) is 0 Å². The second-order valence-electron chi connectivity index (χ2n) is 3.94. The summed E-state index contributed by atoms with van der Waals surface area (Å²) in [6, 6.07) is 3.62. The van der Waals surface area contributed by atoms with Crippen LogP contribution in [0.2, 0.25) is 0 Å². The summed E-state index contributed by atoms with van der Waals surface area (Å²) in [6.07, 6.45) is 4.82. The molecule has 1 aliphatic rings. The van der Waals surface area contributed by atoms with Gasteiger partial charge in [-0.3, -0.25) is 4.79 Å². The second kappa shape index (κ2) is 5.55. The highest BCUT2D eigenvalue weighted by Gasteiger charge is 2.19. The topological polar surface area (TPSA) is 66.9 Å². The van der Waals surface area contributed by atoms with Crippen LogP contribution in [0.4, 0.5) is 0 Å². The zero-order valence-electron chi connectivity index (χ0n) is 9.15. The molecule has 0 spiro atoms. The van der Waals surface area contributed by atoms with Gasteiger partial charge in [0, 0.05) is 6.20 Å². The molecule has 2 rings (SSSR count). The Balaban J connectivity index is 1.79. The summed E-state index contributed by atoms with van der Waals surface area (Å²) in [5.74, 6) is 0.0605. The normalized spacial score (nSPS) is 20.4. The van der Waals surface area contributed by atoms with E-state index in [4.69, 9.17) is 0 Å². The van der Waals surface area contributed by atoms with Crippen molar-refractivity contribution in [2.45, 2.75) is 31.8 Å². The maximum Gasteiger partial charge on any atom is 0.237 e. The molecule has 5 nitrogen and oxygen atoms in total. The number of carbonyl (C=O) groups is 1. The first-order valence-corrected chi connectivity index (χ1v) is 5.64. The van der Waals surface area contributed by atoms with Crippen LogP contribution in [0.5, 0.6) is 0 Å². The van der Waals surface area contributed by atoms with Gasteiger partial charge in [0.05, 0.1) is 18.3 Å². The SMILES string of the molecule is O=C(NCc1cccnn1)[C@H]1CCCCN1. The van der Waals surface area contributed by atoms with Gasteiger partial charge < -0.3 is 10.6 Å². The van der Waals surface area contributed by atoms with Gasteiger partial charge in [-0.2, -0.15) is 10.2 Å². The van der Waals surface area contributed by atoms with Crippen LogP contribution >= 0.6 is 0 Å². The molecule has 5 heteroatoms. The smallest absolute Gasteiger partial charge is 0.237 e. The van der Waals surface area contributed by atoms with Crippen molar-refractivity contribution in [2.75, 3.05) is 6.54 Å². The molecular formula is C11H16N4O. The third-order valence-corrected chi connectivity index (χ3v) is 2.70. The van der Waals surface area contributed by atoms with Gasteiger partial charge in [-0.15, -0.1) is 0 Å². The van der Waals surface area contributed by atoms with Gasteiger partial charge >= 0.3 is 0 Å². The zero-order valence-corrected chi connectivity index (χ0v) is 9.15. The van der Waals surface area contributed by atoms with Crippen molar-refractivity contribution in [1.82, 2.24) is 20.8 Å². The van der Waals surface area contributed by atoms with E-state index >= 15 is 0 Å². The molecule has 0 unspecified atom stereocenters. The van der Waals surface area contributed by atoms with Gasteiger partial charge in [0.2, 0.25) is 5.91 Å². The fraction of sp³-hybridized carbons (Fsp3) is 0.545. The van der Waals surface area contributed by atoms with Crippen LogP contribution in [0.25, 0.3) is 0 Å². The number of amides is 1. The predicted octanol–water partition coefficient (Wildman–Crippen LogP) is 0.235. The first-order chi connectivity index (χ1) is 7.86. The third kappa shape index (κ3) is 3.00. The Morgan fingerprint density at radius 2 is 2.50 bits per heavy atom. The minimum atomic E-state index is -0.0366. The number of nitrogens with zero attached hydrogens (tertiary/aromatic N) is 2. The van der Waals surface area contributed by atoms with Crippen molar-refractivity contribution in [3.63, 3.8) is 0 Å². The molecule has 2 heterocycles. The van der Waals surface area contributed by atoms with Gasteiger partial charge in [0.25, 0.3) is 0 Å². The van der Waals surface area contributed by atoms with Crippen LogP contribution < -0.4 is 10.6 Å². The molecule has 0 bridgehead atoms. The summed E-state index contributed by atoms with van der Waals surface area (Å²) in [4.78, 5) is 11.7. The first kappa shape index (κ1) is 11.0. The molecule has 16 heavy (non-hydrogen) atoms. The summed E-state index contributed by atoms with van der Waals surface area (Å²) in [6.45, 7) is 1.38. The van der Waals surface area contributed by atoms with E-state index in [9.17, 15) is 4.79 Å². The Morgan fingerprint density at radius 3 is 3.19 bits per heavy atom. The van der Waals surface area contributed by atoms with Gasteiger partial charge in [0.1, 0.15) is 0 Å². The van der Waals surface area contributed by atoms with E-state index in [1.165, 1.54) is 0 Å². The van der Waals surface area contributed by atoms with Crippen LogP contribution in [-0.4, -0.2) is 28.7 Å². The summed E-state index contributed by atoms with van der Waals surface area (Å²) in [5, 5.41) is 13.7. The molecular weight excluding hydrogens is 204 g/mol. The average molecular weight is 220 g/mol. The summed E-state index contributed by atoms with van der Waals surface area (Å²) < 4.78 is 0. The van der Waals surface area contributed by atoms with Gasteiger partial charge in [-0.1, -0.05) is 6.42 Å². The molecule has 1 aromatic heterocycles. The van der Waals surface area contributed by atoms with E-state index in [2.05, 4.69) is 20.8 Å². The molecule has 0 radical (unpaired) electrons. The van der Waals surface area contributed by atoms with Crippen LogP contribution in [0, 0.1) is 0 Å². The maximum absolute atomic E-state index is 11.7. The van der Waals surface area contributed by atoms with E-state index in [0.29, 0.717) is 6.54 Å². The Bertz CT molecular complexity index is 335. The molecule has 0 aliphatic carbocycles. The van der Waals surface area contributed by atoms with E-state index < -0.39 is 0 Å². The number of piperidine rings is 1. The van der Waals surface area contributed by atoms with Crippen LogP contribution in [0.3, 0.4) is 0 Å². The molecule has 1 aromatic rings. The van der Waals surface area contributed by atoms with Crippen molar-refractivity contribution < 1.29 is 4.79 Å². The standard InChI is InChI=1S/C11H16N4O/c16-11(10-5-1-2-6-12-10)13-8-9-4-3-7-14-15-9/h3-4,7,10,12H,1-2,5-6,8H2,(H,13,16)/t10-/m1/s1. The molecule has 1 saturated heterocycles. The van der Waals surface area contributed by atoms with Crippen molar-refractivity contribution in [3.05, 3.63) is 24.0 Å². The average Bonchev–Trinajstić information content (AvgIpc) is 2.38. The second-order valence-corrected chi connectivity index (χ2v) is 3.94. The lowest BCUT2D eigenvalue weighted by atomic mass is 10.0. The first-order valence-electron chi connectivity index (χ1n) is 5.64. The number of hydrogen-bond acceptors (Lipinski definition) is 4. The van der Waals surface area contributed by atoms with Gasteiger partial charge in [-0.25, -0.2) is 0 Å². The Labute approximate surface area is 94.6 Å². The highest BCUT2D eigenvalue weighted by Crippen LogP contribution is 2.06. The molecule has 0 aromatic carbocycles. The predicted molar refractivity (Wildman–Crippen MR) is 59.5 cm³/mol. The fourth-order valence-corrected chi connectivity index (χ4v) is 1.80. The van der Waals surface area contributed by atoms with Crippen LogP contribution in [0.15, 0.2) is 18.3 Å². The van der Waals surface area contributed by atoms with Crippen molar-refractivity contribution in [3.8, 4) is 0 Å². The number of aromatic nitrogens is 2. The lowest BCUT2D eigenvalue weighted by Crippen LogP contribution is -2.46. The Hall–Kier alpha value is -1.49. The number of hydrogen-bond donors (Lipinski definition) is 2. The minimum Gasteiger partial charge on any atom is -0.349 e. The highest BCUT2D eigenvalue weighted by molar-refractivity contribution is 5.81. The molecule has 1 amide bonds. The van der Waals surface area contributed by atoms with E-state index in [1.807, 2.05) is 12.1 Å². The largest absolute Gasteiger partial charge is 0.349 e. The Kier molecular flexibility index (Phi) is 3.82. The fourth-order valence-electron chi connectivity index (χ4n) is 1.80. The summed E-state index contributed by atoms with van der Waals surface area (Å²) in [7, 11) is 0. The van der Waals surface area contributed by atoms with Crippen LogP contribution in [0.1, 0.15) is 25.0 Å². The summed E-state index contributed by atoms with van der Waals surface area (Å²) in [5.41, 5.74) is 0.784.